The summed E-state index contributed by atoms with van der Waals surface area (Å²) in [5.41, 5.74) is 3.77. The van der Waals surface area contributed by atoms with Crippen molar-refractivity contribution in [2.75, 3.05) is 25.1 Å². The minimum absolute atomic E-state index is 0.0397. The number of amides is 1. The van der Waals surface area contributed by atoms with Crippen LogP contribution in [0.2, 0.25) is 0 Å². The van der Waals surface area contributed by atoms with Crippen LogP contribution in [0.25, 0.3) is 0 Å². The summed E-state index contributed by atoms with van der Waals surface area (Å²) in [6, 6.07) is 16.9. The van der Waals surface area contributed by atoms with Crippen LogP contribution in [-0.4, -0.2) is 32.1 Å². The first-order valence-electron chi connectivity index (χ1n) is 10.0. The maximum absolute atomic E-state index is 13.0. The van der Waals surface area contributed by atoms with E-state index in [4.69, 9.17) is 4.74 Å². The number of nitrogens with one attached hydrogen (secondary N) is 1. The minimum atomic E-state index is 0.0397. The molecule has 2 aromatic rings. The average molecular weight is 364 g/mol. The van der Waals surface area contributed by atoms with Crippen LogP contribution in [0.4, 0.5) is 5.69 Å². The molecule has 4 heteroatoms. The fourth-order valence-corrected chi connectivity index (χ4v) is 4.64. The fraction of sp³-hybridized carbons (Fsp3) is 0.435. The number of hydrogen-bond acceptors (Lipinski definition) is 3. The largest absolute Gasteiger partial charge is 0.496 e. The number of anilines is 1. The number of nitrogens with zero attached hydrogens (tertiary/aromatic N) is 1. The van der Waals surface area contributed by atoms with E-state index in [1.54, 1.807) is 7.11 Å². The van der Waals surface area contributed by atoms with Gasteiger partial charge in [-0.2, -0.15) is 0 Å². The first kappa shape index (κ1) is 17.9. The smallest absolute Gasteiger partial charge is 0.225 e. The minimum Gasteiger partial charge on any atom is -0.496 e. The highest BCUT2D eigenvalue weighted by Crippen LogP contribution is 2.38. The van der Waals surface area contributed by atoms with Crippen LogP contribution >= 0.6 is 0 Å². The first-order valence-corrected chi connectivity index (χ1v) is 10.0. The van der Waals surface area contributed by atoms with E-state index in [2.05, 4.69) is 40.5 Å². The van der Waals surface area contributed by atoms with Crippen molar-refractivity contribution in [1.29, 1.82) is 0 Å². The van der Waals surface area contributed by atoms with Gasteiger partial charge in [0, 0.05) is 24.8 Å². The number of fused-ring (bicyclic) bond motifs is 3. The molecule has 1 N–H and O–H groups in total. The summed E-state index contributed by atoms with van der Waals surface area (Å²) in [7, 11) is 1.69. The lowest BCUT2D eigenvalue weighted by Gasteiger charge is -2.46. The molecule has 27 heavy (non-hydrogen) atoms. The van der Waals surface area contributed by atoms with Crippen molar-refractivity contribution in [1.82, 2.24) is 5.32 Å². The Morgan fingerprint density at radius 3 is 2.85 bits per heavy atom. The fourth-order valence-electron chi connectivity index (χ4n) is 4.64. The van der Waals surface area contributed by atoms with Crippen molar-refractivity contribution in [3.8, 4) is 5.75 Å². The van der Waals surface area contributed by atoms with Crippen molar-refractivity contribution < 1.29 is 9.53 Å². The van der Waals surface area contributed by atoms with Crippen LogP contribution in [-0.2, 0) is 17.6 Å². The van der Waals surface area contributed by atoms with Crippen LogP contribution in [0.1, 0.15) is 30.4 Å². The van der Waals surface area contributed by atoms with Crippen molar-refractivity contribution in [3.05, 3.63) is 59.7 Å². The summed E-state index contributed by atoms with van der Waals surface area (Å²) in [4.78, 5) is 15.5. The van der Waals surface area contributed by atoms with E-state index in [1.807, 2.05) is 18.2 Å². The second-order valence-electron chi connectivity index (χ2n) is 7.55. The first-order chi connectivity index (χ1) is 13.3. The predicted molar refractivity (Wildman–Crippen MR) is 108 cm³/mol. The molecular formula is C23H28N2O2. The van der Waals surface area contributed by atoms with E-state index in [0.29, 0.717) is 12.6 Å². The summed E-state index contributed by atoms with van der Waals surface area (Å²) < 4.78 is 5.41. The third-order valence-corrected chi connectivity index (χ3v) is 5.98. The van der Waals surface area contributed by atoms with Crippen LogP contribution in [0.15, 0.2) is 48.5 Å². The second kappa shape index (κ2) is 8.03. The van der Waals surface area contributed by atoms with Gasteiger partial charge in [0.15, 0.2) is 0 Å². The summed E-state index contributed by atoms with van der Waals surface area (Å²) in [6.07, 6.45) is 5.17. The van der Waals surface area contributed by atoms with Gasteiger partial charge in [0.1, 0.15) is 5.75 Å². The van der Waals surface area contributed by atoms with E-state index in [1.165, 1.54) is 24.1 Å². The zero-order valence-corrected chi connectivity index (χ0v) is 16.0. The Bertz CT molecular complexity index is 804. The van der Waals surface area contributed by atoms with E-state index in [9.17, 15) is 4.79 Å². The molecule has 1 saturated heterocycles. The standard InChI is InChI=1S/C23H28N2O2/c1-27-22-12-5-3-8-17(22)13-14-24-23(26)19-16-18-9-2-4-10-20(18)25-15-7-6-11-21(19)25/h2-5,8-10,12,19,21H,6-7,11,13-16H2,1H3,(H,24,26)/t19-,21+/m1/s1. The number of carbonyl (C=O) groups is 1. The number of ether oxygens (including phenoxy) is 1. The molecule has 142 valence electrons. The Labute approximate surface area is 161 Å². The monoisotopic (exact) mass is 364 g/mol. The Kier molecular flexibility index (Phi) is 5.33. The summed E-state index contributed by atoms with van der Waals surface area (Å²) in [5, 5.41) is 3.19. The van der Waals surface area contributed by atoms with Crippen LogP contribution < -0.4 is 15.0 Å². The molecule has 0 unspecified atom stereocenters. The van der Waals surface area contributed by atoms with Gasteiger partial charge in [-0.05, 0) is 55.4 Å². The molecule has 0 radical (unpaired) electrons. The number of methoxy groups -OCH3 is 1. The van der Waals surface area contributed by atoms with Crippen LogP contribution in [0.3, 0.4) is 0 Å². The second-order valence-corrected chi connectivity index (χ2v) is 7.55. The van der Waals surface area contributed by atoms with Crippen molar-refractivity contribution in [2.24, 2.45) is 5.92 Å². The number of carbonyl (C=O) groups excluding carboxylic acids is 1. The molecule has 2 aromatic carbocycles. The molecule has 4 nitrogen and oxygen atoms in total. The Balaban J connectivity index is 1.44. The Morgan fingerprint density at radius 1 is 1.15 bits per heavy atom. The molecule has 0 bridgehead atoms. The summed E-state index contributed by atoms with van der Waals surface area (Å²) >= 11 is 0. The molecular weight excluding hydrogens is 336 g/mol. The molecule has 2 aliphatic rings. The zero-order valence-electron chi connectivity index (χ0n) is 16.0. The van der Waals surface area contributed by atoms with E-state index < -0.39 is 0 Å². The maximum atomic E-state index is 13.0. The molecule has 4 rings (SSSR count). The summed E-state index contributed by atoms with van der Waals surface area (Å²) in [5.74, 6) is 1.12. The zero-order chi connectivity index (χ0) is 18.6. The van der Waals surface area contributed by atoms with Crippen molar-refractivity contribution >= 4 is 11.6 Å². The Hall–Kier alpha value is -2.49. The van der Waals surface area contributed by atoms with Gasteiger partial charge in [-0.25, -0.2) is 0 Å². The molecule has 0 spiro atoms. The number of rotatable bonds is 5. The normalized spacial score (nSPS) is 21.1. The van der Waals surface area contributed by atoms with Gasteiger partial charge in [0.25, 0.3) is 0 Å². The molecule has 0 aliphatic carbocycles. The molecule has 0 saturated carbocycles. The third kappa shape index (κ3) is 3.66. The van der Waals surface area contributed by atoms with E-state index in [0.717, 1.165) is 37.1 Å². The van der Waals surface area contributed by atoms with Gasteiger partial charge in [-0.1, -0.05) is 36.4 Å². The summed E-state index contributed by atoms with van der Waals surface area (Å²) in [6.45, 7) is 1.71. The van der Waals surface area contributed by atoms with E-state index >= 15 is 0 Å². The Morgan fingerprint density at radius 2 is 1.96 bits per heavy atom. The lowest BCUT2D eigenvalue weighted by molar-refractivity contribution is -0.125. The van der Waals surface area contributed by atoms with Crippen LogP contribution in [0.5, 0.6) is 5.75 Å². The highest BCUT2D eigenvalue weighted by molar-refractivity contribution is 5.82. The molecule has 2 atom stereocenters. The van der Waals surface area contributed by atoms with Gasteiger partial charge in [-0.3, -0.25) is 4.79 Å². The SMILES string of the molecule is COc1ccccc1CCNC(=O)[C@@H]1Cc2ccccc2N2CCCC[C@@H]12. The molecule has 2 heterocycles. The average Bonchev–Trinajstić information content (AvgIpc) is 2.73. The van der Waals surface area contributed by atoms with Gasteiger partial charge in [0.2, 0.25) is 5.91 Å². The lowest BCUT2D eigenvalue weighted by atomic mass is 9.80. The molecule has 2 aliphatic heterocycles. The van der Waals surface area contributed by atoms with Crippen molar-refractivity contribution in [2.45, 2.75) is 38.1 Å². The molecule has 1 amide bonds. The molecule has 0 aromatic heterocycles. The molecule has 1 fully saturated rings. The van der Waals surface area contributed by atoms with Gasteiger partial charge in [0.05, 0.1) is 13.0 Å². The topological polar surface area (TPSA) is 41.6 Å². The van der Waals surface area contributed by atoms with Gasteiger partial charge in [-0.15, -0.1) is 0 Å². The van der Waals surface area contributed by atoms with E-state index in [-0.39, 0.29) is 11.8 Å². The number of para-hydroxylation sites is 2. The number of benzene rings is 2. The number of piperidine rings is 1. The van der Waals surface area contributed by atoms with Crippen LogP contribution in [0, 0.1) is 5.92 Å². The predicted octanol–water partition coefficient (Wildman–Crippen LogP) is 3.59. The van der Waals surface area contributed by atoms with Crippen molar-refractivity contribution in [3.63, 3.8) is 0 Å². The highest BCUT2D eigenvalue weighted by atomic mass is 16.5. The quantitative estimate of drug-likeness (QED) is 0.882. The highest BCUT2D eigenvalue weighted by Gasteiger charge is 2.39. The third-order valence-electron chi connectivity index (χ3n) is 5.98. The number of hydrogen-bond donors (Lipinski definition) is 1. The maximum Gasteiger partial charge on any atom is 0.225 e. The van der Waals surface area contributed by atoms with Gasteiger partial charge < -0.3 is 15.0 Å². The lowest BCUT2D eigenvalue weighted by Crippen LogP contribution is -2.53. The van der Waals surface area contributed by atoms with Gasteiger partial charge >= 0.3 is 0 Å².